The number of cyclic esters (lactones) is 2. The molecule has 11 nitrogen and oxygen atoms in total. The summed E-state index contributed by atoms with van der Waals surface area (Å²) in [7, 11) is -3.97. The maximum atomic E-state index is 12.5. The van der Waals surface area contributed by atoms with E-state index in [2.05, 4.69) is 10.0 Å². The molecule has 0 aromatic heterocycles. The SMILES string of the molecule is Cc1c(NC=C2C(=O)OC(C)(C)OC2=O)cc(S(=O)(=O)NC2CC2)cc1[N+](=O)[O-]. The van der Waals surface area contributed by atoms with Crippen LogP contribution in [0.4, 0.5) is 11.4 Å². The van der Waals surface area contributed by atoms with E-state index in [1.807, 2.05) is 0 Å². The van der Waals surface area contributed by atoms with E-state index in [0.29, 0.717) is 12.8 Å². The van der Waals surface area contributed by atoms with E-state index in [9.17, 15) is 28.1 Å². The zero-order valence-electron chi connectivity index (χ0n) is 15.8. The van der Waals surface area contributed by atoms with Crippen molar-refractivity contribution in [1.29, 1.82) is 0 Å². The first-order valence-corrected chi connectivity index (χ1v) is 10.1. The van der Waals surface area contributed by atoms with Crippen LogP contribution < -0.4 is 10.0 Å². The molecule has 29 heavy (non-hydrogen) atoms. The standard InChI is InChI=1S/C17H19N3O8S/c1-9-13(18-8-12-15(21)27-17(2,3)28-16(12)22)6-11(7-14(9)20(23)24)29(25,26)19-10-4-5-10/h6-8,10,18-19H,4-5H2,1-3H3. The van der Waals surface area contributed by atoms with Gasteiger partial charge < -0.3 is 14.8 Å². The fourth-order valence-electron chi connectivity index (χ4n) is 2.58. The molecular formula is C17H19N3O8S. The number of esters is 2. The Hall–Kier alpha value is -2.99. The Balaban J connectivity index is 1.97. The van der Waals surface area contributed by atoms with Gasteiger partial charge in [-0.25, -0.2) is 22.7 Å². The molecule has 0 atom stereocenters. The largest absolute Gasteiger partial charge is 0.419 e. The van der Waals surface area contributed by atoms with Crippen LogP contribution in [-0.2, 0) is 29.1 Å². The molecule has 2 fully saturated rings. The van der Waals surface area contributed by atoms with Crippen LogP contribution in [0.1, 0.15) is 32.3 Å². The van der Waals surface area contributed by atoms with Crippen molar-refractivity contribution in [3.05, 3.63) is 39.6 Å². The Labute approximate surface area is 166 Å². The summed E-state index contributed by atoms with van der Waals surface area (Å²) in [5.74, 6) is -3.29. The van der Waals surface area contributed by atoms with Gasteiger partial charge in [0.15, 0.2) is 5.57 Å². The van der Waals surface area contributed by atoms with Crippen LogP contribution in [0.5, 0.6) is 0 Å². The van der Waals surface area contributed by atoms with Crippen molar-refractivity contribution in [1.82, 2.24) is 4.72 Å². The molecule has 1 aliphatic heterocycles. The minimum Gasteiger partial charge on any atom is -0.419 e. The molecule has 0 bridgehead atoms. The van der Waals surface area contributed by atoms with E-state index in [-0.39, 0.29) is 22.2 Å². The Morgan fingerprint density at radius 1 is 1.21 bits per heavy atom. The molecule has 12 heteroatoms. The van der Waals surface area contributed by atoms with Crippen LogP contribution >= 0.6 is 0 Å². The van der Waals surface area contributed by atoms with Crippen LogP contribution in [0.3, 0.4) is 0 Å². The summed E-state index contributed by atoms with van der Waals surface area (Å²) in [6.07, 6.45) is 2.37. The predicted octanol–water partition coefficient (Wildman–Crippen LogP) is 1.48. The van der Waals surface area contributed by atoms with Gasteiger partial charge in [0.05, 0.1) is 15.4 Å². The number of anilines is 1. The maximum absolute atomic E-state index is 12.5. The molecule has 1 saturated heterocycles. The number of hydrogen-bond acceptors (Lipinski definition) is 9. The topological polar surface area (TPSA) is 154 Å². The highest BCUT2D eigenvalue weighted by atomic mass is 32.2. The summed E-state index contributed by atoms with van der Waals surface area (Å²) in [6.45, 7) is 4.19. The Morgan fingerprint density at radius 3 is 2.31 bits per heavy atom. The molecule has 2 N–H and O–H groups in total. The van der Waals surface area contributed by atoms with Gasteiger partial charge in [-0.05, 0) is 25.8 Å². The highest BCUT2D eigenvalue weighted by Gasteiger charge is 2.39. The van der Waals surface area contributed by atoms with Gasteiger partial charge in [-0.2, -0.15) is 0 Å². The van der Waals surface area contributed by atoms with Crippen LogP contribution in [0.15, 0.2) is 28.8 Å². The third-order valence-corrected chi connectivity index (χ3v) is 5.75. The fraction of sp³-hybridized carbons (Fsp3) is 0.412. The van der Waals surface area contributed by atoms with E-state index in [0.717, 1.165) is 12.3 Å². The molecule has 2 aliphatic rings. The van der Waals surface area contributed by atoms with Gasteiger partial charge in [-0.15, -0.1) is 0 Å². The second-order valence-corrected chi connectivity index (χ2v) is 8.86. The summed E-state index contributed by atoms with van der Waals surface area (Å²) in [6, 6.07) is 1.96. The zero-order valence-corrected chi connectivity index (χ0v) is 16.7. The number of hydrogen-bond donors (Lipinski definition) is 2. The van der Waals surface area contributed by atoms with Crippen molar-refractivity contribution < 1.29 is 32.4 Å². The second-order valence-electron chi connectivity index (χ2n) is 7.15. The van der Waals surface area contributed by atoms with Crippen LogP contribution in [0.2, 0.25) is 0 Å². The third kappa shape index (κ3) is 4.54. The first-order valence-electron chi connectivity index (χ1n) is 8.64. The number of nitro benzene ring substituents is 1. The summed E-state index contributed by atoms with van der Waals surface area (Å²) >= 11 is 0. The van der Waals surface area contributed by atoms with Gasteiger partial charge in [0.2, 0.25) is 10.0 Å². The molecule has 0 amide bonds. The van der Waals surface area contributed by atoms with Gasteiger partial charge >= 0.3 is 11.9 Å². The van der Waals surface area contributed by atoms with E-state index >= 15 is 0 Å². The monoisotopic (exact) mass is 425 g/mol. The number of carbonyl (C=O) groups excluding carboxylic acids is 2. The Morgan fingerprint density at radius 2 is 1.79 bits per heavy atom. The molecule has 1 aromatic rings. The third-order valence-electron chi connectivity index (χ3n) is 4.25. The molecule has 3 rings (SSSR count). The summed E-state index contributed by atoms with van der Waals surface area (Å²) in [4.78, 5) is 34.4. The molecular weight excluding hydrogens is 406 g/mol. The van der Waals surface area contributed by atoms with Gasteiger partial charge in [0, 0.05) is 37.8 Å². The Kier molecular flexibility index (Phi) is 5.09. The van der Waals surface area contributed by atoms with Crippen LogP contribution in [-0.4, -0.2) is 37.1 Å². The molecule has 0 radical (unpaired) electrons. The average Bonchev–Trinajstić information content (AvgIpc) is 3.37. The molecule has 1 aliphatic carbocycles. The number of ether oxygens (including phenoxy) is 2. The highest BCUT2D eigenvalue weighted by molar-refractivity contribution is 7.89. The number of sulfonamides is 1. The summed E-state index contributed by atoms with van der Waals surface area (Å²) < 4.78 is 37.3. The van der Waals surface area contributed by atoms with E-state index in [1.54, 1.807) is 0 Å². The first kappa shape index (κ1) is 20.7. The number of nitro groups is 1. The minimum absolute atomic E-state index is 0.0355. The lowest BCUT2D eigenvalue weighted by Gasteiger charge is -2.29. The molecule has 156 valence electrons. The smallest absolute Gasteiger partial charge is 0.350 e. The van der Waals surface area contributed by atoms with Crippen molar-refractivity contribution >= 4 is 33.3 Å². The van der Waals surface area contributed by atoms with Gasteiger partial charge in [-0.3, -0.25) is 10.1 Å². The van der Waals surface area contributed by atoms with Crippen molar-refractivity contribution in [2.75, 3.05) is 5.32 Å². The lowest BCUT2D eigenvalue weighted by atomic mass is 10.1. The lowest BCUT2D eigenvalue weighted by molar-refractivity contribution is -0.385. The highest BCUT2D eigenvalue weighted by Crippen LogP contribution is 2.32. The average molecular weight is 425 g/mol. The molecule has 1 heterocycles. The van der Waals surface area contributed by atoms with E-state index in [4.69, 9.17) is 9.47 Å². The lowest BCUT2D eigenvalue weighted by Crippen LogP contribution is -2.42. The molecule has 1 aromatic carbocycles. The van der Waals surface area contributed by atoms with Crippen LogP contribution in [0.25, 0.3) is 0 Å². The Bertz CT molecular complexity index is 1020. The van der Waals surface area contributed by atoms with Gasteiger partial charge in [0.25, 0.3) is 11.5 Å². The molecule has 0 unspecified atom stereocenters. The number of rotatable bonds is 6. The minimum atomic E-state index is -3.97. The first-order chi connectivity index (χ1) is 13.4. The number of benzene rings is 1. The number of nitrogens with zero attached hydrogens (tertiary/aromatic N) is 1. The maximum Gasteiger partial charge on any atom is 0.350 e. The molecule has 0 spiro atoms. The van der Waals surface area contributed by atoms with Gasteiger partial charge in [0.1, 0.15) is 0 Å². The zero-order chi connectivity index (χ0) is 21.6. The van der Waals surface area contributed by atoms with E-state index < -0.39 is 43.9 Å². The summed E-state index contributed by atoms with van der Waals surface area (Å²) in [5.41, 5.74) is -0.737. The van der Waals surface area contributed by atoms with Crippen LogP contribution in [0, 0.1) is 17.0 Å². The van der Waals surface area contributed by atoms with E-state index in [1.165, 1.54) is 26.8 Å². The predicted molar refractivity (Wildman–Crippen MR) is 99.1 cm³/mol. The second kappa shape index (κ2) is 7.12. The van der Waals surface area contributed by atoms with Gasteiger partial charge in [-0.1, -0.05) is 0 Å². The number of carbonyl (C=O) groups is 2. The van der Waals surface area contributed by atoms with Crippen molar-refractivity contribution in [3.63, 3.8) is 0 Å². The van der Waals surface area contributed by atoms with Crippen molar-refractivity contribution in [3.8, 4) is 0 Å². The summed E-state index contributed by atoms with van der Waals surface area (Å²) in [5, 5.41) is 14.0. The van der Waals surface area contributed by atoms with Crippen molar-refractivity contribution in [2.24, 2.45) is 0 Å². The quantitative estimate of drug-likeness (QED) is 0.227. The van der Waals surface area contributed by atoms with Crippen molar-refractivity contribution in [2.45, 2.75) is 50.3 Å². The normalized spacial score (nSPS) is 18.7. The number of nitrogens with one attached hydrogen (secondary N) is 2. The molecule has 1 saturated carbocycles. The fourth-order valence-corrected chi connectivity index (χ4v) is 3.94.